The van der Waals surface area contributed by atoms with Crippen molar-refractivity contribution < 1.29 is 4.39 Å². The minimum absolute atomic E-state index is 0.0537. The summed E-state index contributed by atoms with van der Waals surface area (Å²) in [6.07, 6.45) is 2.82. The second-order valence-corrected chi connectivity index (χ2v) is 4.53. The summed E-state index contributed by atoms with van der Waals surface area (Å²) in [4.78, 5) is 20.0. The third-order valence-electron chi connectivity index (χ3n) is 3.17. The van der Waals surface area contributed by atoms with Gasteiger partial charge in [0.25, 0.3) is 5.56 Å². The molecule has 3 heterocycles. The molecule has 0 unspecified atom stereocenters. The monoisotopic (exact) mass is 284 g/mol. The van der Waals surface area contributed by atoms with E-state index in [1.54, 1.807) is 22.9 Å². The molecule has 21 heavy (non-hydrogen) atoms. The molecule has 0 fully saturated rings. The van der Waals surface area contributed by atoms with Crippen molar-refractivity contribution in [1.29, 1.82) is 0 Å². The van der Waals surface area contributed by atoms with Crippen LogP contribution in [0.1, 0.15) is 6.92 Å². The van der Waals surface area contributed by atoms with E-state index in [0.717, 1.165) is 17.1 Å². The maximum Gasteiger partial charge on any atom is 0.251 e. The summed E-state index contributed by atoms with van der Waals surface area (Å²) >= 11 is 0. The van der Waals surface area contributed by atoms with Gasteiger partial charge in [-0.25, -0.2) is 14.4 Å². The molecule has 0 atom stereocenters. The van der Waals surface area contributed by atoms with Gasteiger partial charge < -0.3 is 9.88 Å². The fourth-order valence-electron chi connectivity index (χ4n) is 2.16. The van der Waals surface area contributed by atoms with E-state index in [2.05, 4.69) is 15.3 Å². The summed E-state index contributed by atoms with van der Waals surface area (Å²) in [7, 11) is 0. The average Bonchev–Trinajstić information content (AvgIpc) is 2.49. The first-order valence-corrected chi connectivity index (χ1v) is 6.55. The highest BCUT2D eigenvalue weighted by Gasteiger charge is 2.04. The van der Waals surface area contributed by atoms with E-state index in [0.29, 0.717) is 18.2 Å². The fraction of sp³-hybridized carbons (Fsp3) is 0.133. The van der Waals surface area contributed by atoms with Gasteiger partial charge in [0, 0.05) is 30.3 Å². The zero-order valence-electron chi connectivity index (χ0n) is 11.4. The van der Waals surface area contributed by atoms with Crippen molar-refractivity contribution in [2.75, 3.05) is 5.32 Å². The van der Waals surface area contributed by atoms with Gasteiger partial charge in [-0.3, -0.25) is 4.79 Å². The standard InChI is InChI=1S/C15H13FN4O/c1-2-20-12-7-14(17-8-10(12)3-6-15(20)21)19-13-5-4-11(16)9-18-13/h3-9H,2H2,1H3,(H,17,18,19). The van der Waals surface area contributed by atoms with Crippen molar-refractivity contribution in [2.45, 2.75) is 13.5 Å². The van der Waals surface area contributed by atoms with Crippen LogP contribution in [-0.4, -0.2) is 14.5 Å². The van der Waals surface area contributed by atoms with E-state index >= 15 is 0 Å². The number of pyridine rings is 3. The van der Waals surface area contributed by atoms with Crippen LogP contribution in [0.15, 0.2) is 47.5 Å². The van der Waals surface area contributed by atoms with E-state index < -0.39 is 5.82 Å². The van der Waals surface area contributed by atoms with Crippen LogP contribution in [0.5, 0.6) is 0 Å². The number of rotatable bonds is 3. The smallest absolute Gasteiger partial charge is 0.251 e. The maximum atomic E-state index is 12.8. The van der Waals surface area contributed by atoms with Crippen molar-refractivity contribution >= 4 is 22.5 Å². The van der Waals surface area contributed by atoms with Crippen molar-refractivity contribution in [1.82, 2.24) is 14.5 Å². The van der Waals surface area contributed by atoms with Crippen molar-refractivity contribution in [3.05, 3.63) is 58.9 Å². The summed E-state index contributed by atoms with van der Waals surface area (Å²) in [5.41, 5.74) is 0.742. The lowest BCUT2D eigenvalue weighted by Crippen LogP contribution is -2.18. The van der Waals surface area contributed by atoms with Gasteiger partial charge in [-0.1, -0.05) is 0 Å². The Bertz CT molecular complexity index is 842. The number of aryl methyl sites for hydroxylation is 1. The van der Waals surface area contributed by atoms with Crippen LogP contribution in [0.4, 0.5) is 16.0 Å². The van der Waals surface area contributed by atoms with Crippen molar-refractivity contribution in [2.24, 2.45) is 0 Å². The van der Waals surface area contributed by atoms with Crippen LogP contribution >= 0.6 is 0 Å². The van der Waals surface area contributed by atoms with Gasteiger partial charge in [0.15, 0.2) is 0 Å². The molecule has 3 aromatic heterocycles. The Kier molecular flexibility index (Phi) is 3.35. The highest BCUT2D eigenvalue weighted by atomic mass is 19.1. The number of anilines is 2. The maximum absolute atomic E-state index is 12.8. The SMILES string of the molecule is CCn1c(=O)ccc2cnc(Nc3ccc(F)cn3)cc21. The summed E-state index contributed by atoms with van der Waals surface area (Å²) in [5, 5.41) is 3.87. The van der Waals surface area contributed by atoms with E-state index in [1.807, 2.05) is 6.92 Å². The van der Waals surface area contributed by atoms with Gasteiger partial charge in [-0.15, -0.1) is 0 Å². The molecule has 0 bridgehead atoms. The molecule has 0 saturated carbocycles. The molecule has 1 N–H and O–H groups in total. The third kappa shape index (κ3) is 2.60. The van der Waals surface area contributed by atoms with Gasteiger partial charge in [0.05, 0.1) is 11.7 Å². The van der Waals surface area contributed by atoms with Crippen LogP contribution in [0.3, 0.4) is 0 Å². The molecule has 0 aliphatic rings. The zero-order chi connectivity index (χ0) is 14.8. The second-order valence-electron chi connectivity index (χ2n) is 4.53. The lowest BCUT2D eigenvalue weighted by Gasteiger charge is -2.09. The number of halogens is 1. The first-order valence-electron chi connectivity index (χ1n) is 6.55. The molecular weight excluding hydrogens is 271 g/mol. The molecule has 106 valence electrons. The first kappa shape index (κ1) is 13.2. The van der Waals surface area contributed by atoms with Crippen molar-refractivity contribution in [3.8, 4) is 0 Å². The van der Waals surface area contributed by atoms with Gasteiger partial charge >= 0.3 is 0 Å². The minimum Gasteiger partial charge on any atom is -0.325 e. The van der Waals surface area contributed by atoms with Gasteiger partial charge in [0.2, 0.25) is 0 Å². The number of nitrogens with zero attached hydrogens (tertiary/aromatic N) is 3. The number of nitrogens with one attached hydrogen (secondary N) is 1. The Hall–Kier alpha value is -2.76. The summed E-state index contributed by atoms with van der Waals surface area (Å²) in [5.74, 6) is 0.644. The number of hydrogen-bond donors (Lipinski definition) is 1. The zero-order valence-corrected chi connectivity index (χ0v) is 11.4. The minimum atomic E-state index is -0.396. The Balaban J connectivity index is 2.04. The lowest BCUT2D eigenvalue weighted by molar-refractivity contribution is 0.622. The van der Waals surface area contributed by atoms with E-state index in [1.165, 1.54) is 18.2 Å². The molecule has 0 aromatic carbocycles. The highest BCUT2D eigenvalue weighted by Crippen LogP contribution is 2.18. The molecule has 0 amide bonds. The van der Waals surface area contributed by atoms with Gasteiger partial charge in [-0.2, -0.15) is 0 Å². The molecule has 0 aliphatic carbocycles. The molecule has 0 aliphatic heterocycles. The Morgan fingerprint density at radius 1 is 1.14 bits per heavy atom. The predicted octanol–water partition coefficient (Wildman–Crippen LogP) is 2.69. The molecule has 3 rings (SSSR count). The quantitative estimate of drug-likeness (QED) is 0.803. The molecule has 0 spiro atoms. The van der Waals surface area contributed by atoms with Gasteiger partial charge in [-0.05, 0) is 25.1 Å². The second kappa shape index (κ2) is 5.32. The van der Waals surface area contributed by atoms with E-state index in [4.69, 9.17) is 0 Å². The Morgan fingerprint density at radius 2 is 1.95 bits per heavy atom. The van der Waals surface area contributed by atoms with Crippen LogP contribution < -0.4 is 10.9 Å². The third-order valence-corrected chi connectivity index (χ3v) is 3.17. The van der Waals surface area contributed by atoms with Crippen LogP contribution in [0.25, 0.3) is 10.9 Å². The molecule has 0 radical (unpaired) electrons. The largest absolute Gasteiger partial charge is 0.325 e. The normalized spacial score (nSPS) is 10.8. The molecule has 0 saturated heterocycles. The fourth-order valence-corrected chi connectivity index (χ4v) is 2.16. The summed E-state index contributed by atoms with van der Waals surface area (Å²) < 4.78 is 14.5. The topological polar surface area (TPSA) is 59.8 Å². The molecular formula is C15H13FN4O. The van der Waals surface area contributed by atoms with Crippen molar-refractivity contribution in [3.63, 3.8) is 0 Å². The molecule has 5 nitrogen and oxygen atoms in total. The Labute approximate surface area is 120 Å². The summed E-state index contributed by atoms with van der Waals surface area (Å²) in [6, 6.07) is 7.90. The Morgan fingerprint density at radius 3 is 2.67 bits per heavy atom. The molecule has 3 aromatic rings. The van der Waals surface area contributed by atoms with E-state index in [9.17, 15) is 9.18 Å². The number of aromatic nitrogens is 3. The number of hydrogen-bond acceptors (Lipinski definition) is 4. The lowest BCUT2D eigenvalue weighted by atomic mass is 10.2. The summed E-state index contributed by atoms with van der Waals surface area (Å²) in [6.45, 7) is 2.49. The van der Waals surface area contributed by atoms with Crippen LogP contribution in [-0.2, 0) is 6.54 Å². The van der Waals surface area contributed by atoms with Gasteiger partial charge in [0.1, 0.15) is 17.5 Å². The first-order chi connectivity index (χ1) is 10.2. The predicted molar refractivity (Wildman–Crippen MR) is 79.2 cm³/mol. The van der Waals surface area contributed by atoms with Crippen LogP contribution in [0.2, 0.25) is 0 Å². The average molecular weight is 284 g/mol. The van der Waals surface area contributed by atoms with Crippen LogP contribution in [0, 0.1) is 5.82 Å². The highest BCUT2D eigenvalue weighted by molar-refractivity contribution is 5.81. The number of fused-ring (bicyclic) bond motifs is 1. The molecule has 6 heteroatoms. The van der Waals surface area contributed by atoms with E-state index in [-0.39, 0.29) is 5.56 Å².